The molecule has 2 rings (SSSR count). The van der Waals surface area contributed by atoms with Crippen LogP contribution in [0.15, 0.2) is 0 Å². The maximum atomic E-state index is 12.1. The fourth-order valence-electron chi connectivity index (χ4n) is 2.54. The summed E-state index contributed by atoms with van der Waals surface area (Å²) in [5.74, 6) is 0.167. The summed E-state index contributed by atoms with van der Waals surface area (Å²) in [4.78, 5) is 27.5. The zero-order valence-electron chi connectivity index (χ0n) is 9.81. The standard InChI is InChI=1S/C11H18N2O3/c1-8-10(14)13-5-3-4-9(13)11(15)12(8)6-7-16-2/h8-9H,3-7H2,1-2H3. The number of carbonyl (C=O) groups excluding carboxylic acids is 2. The lowest BCUT2D eigenvalue weighted by Gasteiger charge is -2.40. The minimum Gasteiger partial charge on any atom is -0.383 e. The monoisotopic (exact) mass is 226 g/mol. The van der Waals surface area contributed by atoms with E-state index in [9.17, 15) is 9.59 Å². The van der Waals surface area contributed by atoms with Crippen molar-refractivity contribution in [3.63, 3.8) is 0 Å². The van der Waals surface area contributed by atoms with Crippen molar-refractivity contribution in [1.29, 1.82) is 0 Å². The van der Waals surface area contributed by atoms with Crippen LogP contribution >= 0.6 is 0 Å². The van der Waals surface area contributed by atoms with Gasteiger partial charge in [-0.25, -0.2) is 0 Å². The lowest BCUT2D eigenvalue weighted by molar-refractivity contribution is -0.159. The lowest BCUT2D eigenvalue weighted by Crippen LogP contribution is -2.62. The van der Waals surface area contributed by atoms with Gasteiger partial charge in [-0.3, -0.25) is 9.59 Å². The van der Waals surface area contributed by atoms with E-state index < -0.39 is 0 Å². The fraction of sp³-hybridized carbons (Fsp3) is 0.818. The van der Waals surface area contributed by atoms with Gasteiger partial charge in [0.15, 0.2) is 0 Å². The fourth-order valence-corrected chi connectivity index (χ4v) is 2.54. The van der Waals surface area contributed by atoms with E-state index in [1.807, 2.05) is 0 Å². The second-order valence-electron chi connectivity index (χ2n) is 4.39. The highest BCUT2D eigenvalue weighted by Gasteiger charge is 2.45. The van der Waals surface area contributed by atoms with Gasteiger partial charge in [-0.1, -0.05) is 0 Å². The van der Waals surface area contributed by atoms with Crippen LogP contribution in [0.25, 0.3) is 0 Å². The summed E-state index contributed by atoms with van der Waals surface area (Å²) in [6.07, 6.45) is 1.74. The Kier molecular flexibility index (Phi) is 3.14. The summed E-state index contributed by atoms with van der Waals surface area (Å²) in [7, 11) is 1.60. The van der Waals surface area contributed by atoms with Gasteiger partial charge < -0.3 is 14.5 Å². The SMILES string of the molecule is COCCN1C(=O)C2CCCN2C(=O)C1C. The van der Waals surface area contributed by atoms with E-state index in [4.69, 9.17) is 4.74 Å². The largest absolute Gasteiger partial charge is 0.383 e. The Morgan fingerprint density at radius 1 is 1.38 bits per heavy atom. The van der Waals surface area contributed by atoms with Crippen LogP contribution in [-0.4, -0.2) is 60.5 Å². The first kappa shape index (κ1) is 11.4. The Hall–Kier alpha value is -1.10. The van der Waals surface area contributed by atoms with Crippen LogP contribution in [-0.2, 0) is 14.3 Å². The molecule has 0 aliphatic carbocycles. The van der Waals surface area contributed by atoms with Crippen LogP contribution in [0.2, 0.25) is 0 Å². The number of fused-ring (bicyclic) bond motifs is 1. The third-order valence-corrected chi connectivity index (χ3v) is 3.47. The maximum absolute atomic E-state index is 12.1. The first-order valence-corrected chi connectivity index (χ1v) is 5.76. The summed E-state index contributed by atoms with van der Waals surface area (Å²) in [5, 5.41) is 0. The van der Waals surface area contributed by atoms with Gasteiger partial charge in [0.2, 0.25) is 11.8 Å². The quantitative estimate of drug-likeness (QED) is 0.672. The number of carbonyl (C=O) groups is 2. The van der Waals surface area contributed by atoms with Crippen LogP contribution in [0.4, 0.5) is 0 Å². The van der Waals surface area contributed by atoms with Crippen molar-refractivity contribution in [2.24, 2.45) is 0 Å². The molecule has 0 bridgehead atoms. The van der Waals surface area contributed by atoms with E-state index in [2.05, 4.69) is 0 Å². The highest BCUT2D eigenvalue weighted by Crippen LogP contribution is 2.26. The average molecular weight is 226 g/mol. The second kappa shape index (κ2) is 4.41. The van der Waals surface area contributed by atoms with Crippen LogP contribution in [0.5, 0.6) is 0 Å². The molecule has 0 saturated carbocycles. The van der Waals surface area contributed by atoms with Crippen LogP contribution in [0, 0.1) is 0 Å². The van der Waals surface area contributed by atoms with E-state index in [0.717, 1.165) is 19.4 Å². The summed E-state index contributed by atoms with van der Waals surface area (Å²) >= 11 is 0. The number of nitrogens with zero attached hydrogens (tertiary/aromatic N) is 2. The highest BCUT2D eigenvalue weighted by molar-refractivity contribution is 5.97. The van der Waals surface area contributed by atoms with E-state index in [1.165, 1.54) is 0 Å². The molecular weight excluding hydrogens is 208 g/mol. The van der Waals surface area contributed by atoms with Crippen LogP contribution in [0.3, 0.4) is 0 Å². The summed E-state index contributed by atoms with van der Waals surface area (Å²) in [6, 6.07) is -0.544. The maximum Gasteiger partial charge on any atom is 0.246 e. The third kappa shape index (κ3) is 1.69. The average Bonchev–Trinajstić information content (AvgIpc) is 2.75. The Bertz CT molecular complexity index is 306. The van der Waals surface area contributed by atoms with Crippen molar-refractivity contribution in [1.82, 2.24) is 9.80 Å². The Morgan fingerprint density at radius 3 is 2.81 bits per heavy atom. The number of hydrogen-bond acceptors (Lipinski definition) is 3. The zero-order chi connectivity index (χ0) is 11.7. The normalized spacial score (nSPS) is 29.9. The van der Waals surface area contributed by atoms with Gasteiger partial charge in [0.05, 0.1) is 6.61 Å². The molecular formula is C11H18N2O3. The van der Waals surface area contributed by atoms with Crippen molar-refractivity contribution in [2.45, 2.75) is 31.8 Å². The molecule has 2 aliphatic rings. The number of ether oxygens (including phenoxy) is 1. The first-order chi connectivity index (χ1) is 7.66. The lowest BCUT2D eigenvalue weighted by atomic mass is 10.1. The van der Waals surface area contributed by atoms with Gasteiger partial charge in [0.25, 0.3) is 0 Å². The predicted molar refractivity (Wildman–Crippen MR) is 57.8 cm³/mol. The van der Waals surface area contributed by atoms with Crippen LogP contribution in [0.1, 0.15) is 19.8 Å². The highest BCUT2D eigenvalue weighted by atomic mass is 16.5. The number of rotatable bonds is 3. The summed E-state index contributed by atoms with van der Waals surface area (Å²) in [6.45, 7) is 3.52. The molecule has 0 spiro atoms. The molecule has 0 radical (unpaired) electrons. The first-order valence-electron chi connectivity index (χ1n) is 5.76. The van der Waals surface area contributed by atoms with Crippen molar-refractivity contribution >= 4 is 11.8 Å². The molecule has 0 aromatic carbocycles. The number of amides is 2. The molecule has 2 atom stereocenters. The van der Waals surface area contributed by atoms with Gasteiger partial charge in [-0.15, -0.1) is 0 Å². The van der Waals surface area contributed by atoms with E-state index in [-0.39, 0.29) is 23.9 Å². The summed E-state index contributed by atoms with van der Waals surface area (Å²) in [5.41, 5.74) is 0. The molecule has 2 fully saturated rings. The predicted octanol–water partition coefficient (Wildman–Crippen LogP) is -0.146. The summed E-state index contributed by atoms with van der Waals surface area (Å²) < 4.78 is 4.97. The smallest absolute Gasteiger partial charge is 0.246 e. The minimum atomic E-state index is -0.336. The molecule has 2 amide bonds. The molecule has 0 N–H and O–H groups in total. The zero-order valence-corrected chi connectivity index (χ0v) is 9.81. The van der Waals surface area contributed by atoms with Crippen molar-refractivity contribution in [3.8, 4) is 0 Å². The number of hydrogen-bond donors (Lipinski definition) is 0. The second-order valence-corrected chi connectivity index (χ2v) is 4.39. The van der Waals surface area contributed by atoms with Gasteiger partial charge >= 0.3 is 0 Å². The van der Waals surface area contributed by atoms with Crippen molar-refractivity contribution < 1.29 is 14.3 Å². The van der Waals surface area contributed by atoms with Gasteiger partial charge in [0, 0.05) is 20.2 Å². The molecule has 2 unspecified atom stereocenters. The topological polar surface area (TPSA) is 49.9 Å². The van der Waals surface area contributed by atoms with E-state index >= 15 is 0 Å². The van der Waals surface area contributed by atoms with Gasteiger partial charge in [-0.05, 0) is 19.8 Å². The van der Waals surface area contributed by atoms with Crippen LogP contribution < -0.4 is 0 Å². The molecule has 0 aromatic heterocycles. The van der Waals surface area contributed by atoms with Crippen molar-refractivity contribution in [3.05, 3.63) is 0 Å². The van der Waals surface area contributed by atoms with Crippen molar-refractivity contribution in [2.75, 3.05) is 26.8 Å². The molecule has 5 nitrogen and oxygen atoms in total. The Morgan fingerprint density at radius 2 is 2.12 bits per heavy atom. The third-order valence-electron chi connectivity index (χ3n) is 3.47. The van der Waals surface area contributed by atoms with E-state index in [1.54, 1.807) is 23.8 Å². The molecule has 2 aliphatic heterocycles. The Balaban J connectivity index is 2.13. The molecule has 2 saturated heterocycles. The van der Waals surface area contributed by atoms with Gasteiger partial charge in [-0.2, -0.15) is 0 Å². The number of piperazine rings is 1. The number of methoxy groups -OCH3 is 1. The molecule has 90 valence electrons. The minimum absolute atomic E-state index is 0.0817. The molecule has 16 heavy (non-hydrogen) atoms. The van der Waals surface area contributed by atoms with E-state index in [0.29, 0.717) is 13.2 Å². The molecule has 5 heteroatoms. The molecule has 0 aromatic rings. The molecule has 2 heterocycles. The van der Waals surface area contributed by atoms with Gasteiger partial charge in [0.1, 0.15) is 12.1 Å². The Labute approximate surface area is 95.3 Å².